The van der Waals surface area contributed by atoms with Crippen LogP contribution in [-0.4, -0.2) is 41.8 Å². The fraction of sp³-hybridized carbons (Fsp3) is 0.385. The topological polar surface area (TPSA) is 105 Å². The minimum absolute atomic E-state index is 0.121. The lowest BCUT2D eigenvalue weighted by atomic mass is 9.79. The van der Waals surface area contributed by atoms with E-state index in [1.165, 1.54) is 34.6 Å². The Balaban J connectivity index is 1.72. The SMILES string of the molecule is C=CC(=O)NC1CC(C)(C)N(S(=O)(=O)c2ccc(NC(=O)OCc3ccccc3)cc2)C(C)(C)C1. The van der Waals surface area contributed by atoms with Gasteiger partial charge in [0.1, 0.15) is 6.61 Å². The van der Waals surface area contributed by atoms with Crippen molar-refractivity contribution in [3.8, 4) is 0 Å². The summed E-state index contributed by atoms with van der Waals surface area (Å²) in [4.78, 5) is 24.1. The Hall–Kier alpha value is -3.17. The van der Waals surface area contributed by atoms with E-state index in [0.717, 1.165) is 5.56 Å². The maximum atomic E-state index is 13.7. The van der Waals surface area contributed by atoms with Gasteiger partial charge in [-0.1, -0.05) is 36.9 Å². The lowest BCUT2D eigenvalue weighted by molar-refractivity contribution is -0.118. The molecule has 188 valence electrons. The molecule has 0 bridgehead atoms. The Morgan fingerprint density at radius 1 is 1.03 bits per heavy atom. The molecular weight excluding hydrogens is 466 g/mol. The van der Waals surface area contributed by atoms with Crippen LogP contribution in [0.4, 0.5) is 10.5 Å². The summed E-state index contributed by atoms with van der Waals surface area (Å²) in [5.41, 5.74) is -0.219. The number of carbonyl (C=O) groups is 2. The summed E-state index contributed by atoms with van der Waals surface area (Å²) < 4.78 is 34.2. The average molecular weight is 500 g/mol. The molecule has 35 heavy (non-hydrogen) atoms. The second-order valence-corrected chi connectivity index (χ2v) is 11.7. The zero-order valence-electron chi connectivity index (χ0n) is 20.6. The summed E-state index contributed by atoms with van der Waals surface area (Å²) in [5, 5.41) is 5.52. The Kier molecular flexibility index (Phi) is 7.71. The van der Waals surface area contributed by atoms with Crippen molar-refractivity contribution in [1.29, 1.82) is 0 Å². The Morgan fingerprint density at radius 2 is 1.60 bits per heavy atom. The van der Waals surface area contributed by atoms with Crippen LogP contribution in [0.1, 0.15) is 46.1 Å². The van der Waals surface area contributed by atoms with Crippen LogP contribution in [0.3, 0.4) is 0 Å². The van der Waals surface area contributed by atoms with Crippen LogP contribution in [0.15, 0.2) is 72.1 Å². The highest BCUT2D eigenvalue weighted by Gasteiger charge is 2.51. The first kappa shape index (κ1) is 26.4. The molecule has 1 saturated heterocycles. The van der Waals surface area contributed by atoms with Crippen LogP contribution >= 0.6 is 0 Å². The van der Waals surface area contributed by atoms with Crippen LogP contribution in [0, 0.1) is 0 Å². The zero-order valence-corrected chi connectivity index (χ0v) is 21.4. The molecule has 1 aliphatic heterocycles. The molecule has 8 nitrogen and oxygen atoms in total. The van der Waals surface area contributed by atoms with Gasteiger partial charge in [-0.05, 0) is 76.4 Å². The Labute approximate surface area is 207 Å². The van der Waals surface area contributed by atoms with Crippen LogP contribution < -0.4 is 10.6 Å². The van der Waals surface area contributed by atoms with Crippen LogP contribution in [0.5, 0.6) is 0 Å². The van der Waals surface area contributed by atoms with Gasteiger partial charge in [0.05, 0.1) is 4.90 Å². The van der Waals surface area contributed by atoms with E-state index < -0.39 is 27.2 Å². The molecular formula is C26H33N3O5S. The number of sulfonamides is 1. The second-order valence-electron chi connectivity index (χ2n) is 9.92. The number of benzene rings is 2. The van der Waals surface area contributed by atoms with Gasteiger partial charge in [-0.3, -0.25) is 10.1 Å². The van der Waals surface area contributed by atoms with E-state index >= 15 is 0 Å². The van der Waals surface area contributed by atoms with Crippen LogP contribution in [0.2, 0.25) is 0 Å². The first-order valence-electron chi connectivity index (χ1n) is 11.4. The molecule has 1 fully saturated rings. The molecule has 2 amide bonds. The fourth-order valence-electron chi connectivity index (χ4n) is 4.97. The molecule has 2 N–H and O–H groups in total. The van der Waals surface area contributed by atoms with Crippen LogP contribution in [-0.2, 0) is 26.2 Å². The normalized spacial score (nSPS) is 17.8. The summed E-state index contributed by atoms with van der Waals surface area (Å²) in [5.74, 6) is -0.275. The lowest BCUT2D eigenvalue weighted by Gasteiger charge is -2.53. The number of piperidine rings is 1. The van der Waals surface area contributed by atoms with Crippen molar-refractivity contribution < 1.29 is 22.7 Å². The Bertz CT molecular complexity index is 1160. The van der Waals surface area contributed by atoms with Gasteiger partial charge in [-0.2, -0.15) is 4.31 Å². The quantitative estimate of drug-likeness (QED) is 0.548. The van der Waals surface area contributed by atoms with E-state index in [0.29, 0.717) is 18.5 Å². The van der Waals surface area contributed by atoms with E-state index in [9.17, 15) is 18.0 Å². The van der Waals surface area contributed by atoms with Gasteiger partial charge in [0, 0.05) is 22.8 Å². The molecule has 2 aromatic carbocycles. The molecule has 0 spiro atoms. The molecule has 0 unspecified atom stereocenters. The average Bonchev–Trinajstić information content (AvgIpc) is 2.76. The van der Waals surface area contributed by atoms with Gasteiger partial charge in [0.2, 0.25) is 15.9 Å². The minimum atomic E-state index is -3.87. The van der Waals surface area contributed by atoms with Crippen molar-refractivity contribution in [1.82, 2.24) is 9.62 Å². The highest BCUT2D eigenvalue weighted by Crippen LogP contribution is 2.42. The molecule has 3 rings (SSSR count). The highest BCUT2D eigenvalue weighted by molar-refractivity contribution is 7.89. The summed E-state index contributed by atoms with van der Waals surface area (Å²) in [7, 11) is -3.87. The zero-order chi connectivity index (χ0) is 25.9. The smallest absolute Gasteiger partial charge is 0.411 e. The van der Waals surface area contributed by atoms with E-state index in [1.807, 2.05) is 58.0 Å². The molecule has 9 heteroatoms. The second kappa shape index (κ2) is 10.2. The summed E-state index contributed by atoms with van der Waals surface area (Å²) in [6, 6.07) is 15.1. The van der Waals surface area contributed by atoms with Crippen molar-refractivity contribution >= 4 is 27.7 Å². The van der Waals surface area contributed by atoms with Gasteiger partial charge in [0.15, 0.2) is 0 Å². The van der Waals surface area contributed by atoms with Gasteiger partial charge >= 0.3 is 6.09 Å². The minimum Gasteiger partial charge on any atom is -0.444 e. The predicted molar refractivity (Wildman–Crippen MR) is 135 cm³/mol. The molecule has 1 aliphatic rings. The Morgan fingerprint density at radius 3 is 2.14 bits per heavy atom. The third-order valence-electron chi connectivity index (χ3n) is 5.97. The molecule has 0 aliphatic carbocycles. The highest BCUT2D eigenvalue weighted by atomic mass is 32.2. The van der Waals surface area contributed by atoms with Gasteiger partial charge in [0.25, 0.3) is 0 Å². The predicted octanol–water partition coefficient (Wildman–Crippen LogP) is 4.45. The lowest BCUT2D eigenvalue weighted by Crippen LogP contribution is -2.65. The number of nitrogens with one attached hydrogen (secondary N) is 2. The molecule has 0 radical (unpaired) electrons. The molecule has 0 aromatic heterocycles. The summed E-state index contributed by atoms with van der Waals surface area (Å²) >= 11 is 0. The number of carbonyl (C=O) groups excluding carboxylic acids is 2. The number of hydrogen-bond acceptors (Lipinski definition) is 5. The first-order valence-corrected chi connectivity index (χ1v) is 12.9. The number of ether oxygens (including phenoxy) is 1. The van der Waals surface area contributed by atoms with Gasteiger partial charge in [-0.25, -0.2) is 13.2 Å². The van der Waals surface area contributed by atoms with Crippen LogP contribution in [0.25, 0.3) is 0 Å². The third-order valence-corrected chi connectivity index (χ3v) is 8.31. The van der Waals surface area contributed by atoms with Crippen molar-refractivity contribution in [2.75, 3.05) is 5.32 Å². The van der Waals surface area contributed by atoms with Crippen molar-refractivity contribution in [3.05, 3.63) is 72.8 Å². The number of rotatable bonds is 7. The standard InChI is InChI=1S/C26H33N3O5S/c1-6-23(30)27-21-16-25(2,3)29(26(4,5)17-21)35(32,33)22-14-12-20(13-15-22)28-24(31)34-18-19-10-8-7-9-11-19/h6-15,21H,1,16-18H2,2-5H3,(H,27,30)(H,28,31). The maximum absolute atomic E-state index is 13.7. The molecule has 1 heterocycles. The maximum Gasteiger partial charge on any atom is 0.411 e. The van der Waals surface area contributed by atoms with E-state index in [-0.39, 0.29) is 23.5 Å². The molecule has 2 aromatic rings. The first-order chi connectivity index (χ1) is 16.3. The van der Waals surface area contributed by atoms with Gasteiger partial charge < -0.3 is 10.1 Å². The third kappa shape index (κ3) is 6.29. The van der Waals surface area contributed by atoms with Crippen molar-refractivity contribution in [2.24, 2.45) is 0 Å². The summed E-state index contributed by atoms with van der Waals surface area (Å²) in [6.07, 6.45) is 1.51. The largest absolute Gasteiger partial charge is 0.444 e. The van der Waals surface area contributed by atoms with E-state index in [4.69, 9.17) is 4.74 Å². The fourth-order valence-corrected chi connectivity index (χ4v) is 7.11. The number of amides is 2. The van der Waals surface area contributed by atoms with Gasteiger partial charge in [-0.15, -0.1) is 0 Å². The van der Waals surface area contributed by atoms with Crippen molar-refractivity contribution in [3.63, 3.8) is 0 Å². The molecule has 0 saturated carbocycles. The summed E-state index contributed by atoms with van der Waals surface area (Å²) in [6.45, 7) is 11.1. The number of nitrogens with zero attached hydrogens (tertiary/aromatic N) is 1. The monoisotopic (exact) mass is 499 g/mol. The van der Waals surface area contributed by atoms with E-state index in [2.05, 4.69) is 17.2 Å². The molecule has 0 atom stereocenters. The number of hydrogen-bond donors (Lipinski definition) is 2. The number of anilines is 1. The van der Waals surface area contributed by atoms with Crippen molar-refractivity contribution in [2.45, 2.75) is 69.2 Å². The van der Waals surface area contributed by atoms with E-state index in [1.54, 1.807) is 0 Å².